The molecule has 2 aromatic rings. The summed E-state index contributed by atoms with van der Waals surface area (Å²) in [6.45, 7) is 1.85. The summed E-state index contributed by atoms with van der Waals surface area (Å²) in [6, 6.07) is 6.02. The van der Waals surface area contributed by atoms with Gasteiger partial charge in [0, 0.05) is 30.2 Å². The summed E-state index contributed by atoms with van der Waals surface area (Å²) in [6.07, 6.45) is 2.80. The quantitative estimate of drug-likeness (QED) is 0.763. The minimum atomic E-state index is 0.494. The van der Waals surface area contributed by atoms with Crippen molar-refractivity contribution in [3.8, 4) is 0 Å². The SMILES string of the molecule is CN(CCc1ccccn1)Cc1nc(CCl)cs1. The van der Waals surface area contributed by atoms with Crippen LogP contribution in [0.2, 0.25) is 0 Å². The number of alkyl halides is 1. The Kier molecular flexibility index (Phi) is 5.11. The lowest BCUT2D eigenvalue weighted by atomic mass is 10.2. The largest absolute Gasteiger partial charge is 0.299 e. The molecule has 18 heavy (non-hydrogen) atoms. The van der Waals surface area contributed by atoms with Crippen molar-refractivity contribution in [3.05, 3.63) is 46.2 Å². The zero-order valence-corrected chi connectivity index (χ0v) is 11.9. The number of likely N-dealkylation sites (N-methyl/N-ethyl adjacent to an activating group) is 1. The Hall–Kier alpha value is -0.970. The number of halogens is 1. The number of aromatic nitrogens is 2. The molecule has 5 heteroatoms. The Balaban J connectivity index is 1.80. The molecule has 0 fully saturated rings. The highest BCUT2D eigenvalue weighted by atomic mass is 35.5. The summed E-state index contributed by atoms with van der Waals surface area (Å²) in [7, 11) is 2.10. The van der Waals surface area contributed by atoms with E-state index in [0.29, 0.717) is 5.88 Å². The fraction of sp³-hybridized carbons (Fsp3) is 0.385. The third-order valence-electron chi connectivity index (χ3n) is 2.62. The molecular weight excluding hydrogens is 266 g/mol. The molecule has 2 heterocycles. The molecule has 0 aromatic carbocycles. The zero-order valence-electron chi connectivity index (χ0n) is 10.3. The second kappa shape index (κ2) is 6.83. The molecule has 3 nitrogen and oxygen atoms in total. The molecule has 0 aliphatic rings. The van der Waals surface area contributed by atoms with Crippen LogP contribution in [0.1, 0.15) is 16.4 Å². The van der Waals surface area contributed by atoms with Crippen molar-refractivity contribution >= 4 is 22.9 Å². The summed E-state index contributed by atoms with van der Waals surface area (Å²) in [5.41, 5.74) is 2.10. The number of pyridine rings is 1. The molecule has 0 aliphatic carbocycles. The van der Waals surface area contributed by atoms with Gasteiger partial charge in [0.05, 0.1) is 18.1 Å². The van der Waals surface area contributed by atoms with Crippen LogP contribution in [0.3, 0.4) is 0 Å². The first kappa shape index (κ1) is 13.5. The van der Waals surface area contributed by atoms with Gasteiger partial charge in [-0.05, 0) is 19.2 Å². The minimum absolute atomic E-state index is 0.494. The molecule has 0 saturated heterocycles. The third kappa shape index (κ3) is 4.05. The first-order chi connectivity index (χ1) is 8.78. The van der Waals surface area contributed by atoms with Crippen LogP contribution in [0.5, 0.6) is 0 Å². The lowest BCUT2D eigenvalue weighted by Crippen LogP contribution is -2.21. The van der Waals surface area contributed by atoms with E-state index in [1.807, 2.05) is 23.7 Å². The van der Waals surface area contributed by atoms with E-state index in [4.69, 9.17) is 11.6 Å². The van der Waals surface area contributed by atoms with Gasteiger partial charge in [-0.25, -0.2) is 4.98 Å². The van der Waals surface area contributed by atoms with E-state index in [0.717, 1.165) is 35.9 Å². The number of nitrogens with zero attached hydrogens (tertiary/aromatic N) is 3. The van der Waals surface area contributed by atoms with Crippen molar-refractivity contribution in [2.45, 2.75) is 18.8 Å². The molecule has 0 N–H and O–H groups in total. The van der Waals surface area contributed by atoms with Crippen LogP contribution in [-0.2, 0) is 18.8 Å². The van der Waals surface area contributed by atoms with Gasteiger partial charge in [0.2, 0.25) is 0 Å². The highest BCUT2D eigenvalue weighted by molar-refractivity contribution is 7.09. The van der Waals surface area contributed by atoms with Crippen molar-refractivity contribution in [2.24, 2.45) is 0 Å². The van der Waals surface area contributed by atoms with Crippen molar-refractivity contribution < 1.29 is 0 Å². The normalized spacial score (nSPS) is 11.1. The smallest absolute Gasteiger partial charge is 0.107 e. The van der Waals surface area contributed by atoms with Gasteiger partial charge in [-0.15, -0.1) is 22.9 Å². The zero-order chi connectivity index (χ0) is 12.8. The molecule has 0 amide bonds. The molecule has 0 spiro atoms. The molecule has 0 unspecified atom stereocenters. The standard InChI is InChI=1S/C13H16ClN3S/c1-17(7-5-11-4-2-3-6-15-11)9-13-16-12(8-14)10-18-13/h2-4,6,10H,5,7-9H2,1H3. The predicted molar refractivity (Wildman–Crippen MR) is 75.9 cm³/mol. The second-order valence-corrected chi connectivity index (χ2v) is 5.38. The first-order valence-electron chi connectivity index (χ1n) is 5.85. The highest BCUT2D eigenvalue weighted by Gasteiger charge is 2.05. The molecule has 96 valence electrons. The van der Waals surface area contributed by atoms with E-state index >= 15 is 0 Å². The number of rotatable bonds is 6. The third-order valence-corrected chi connectivity index (χ3v) is 3.77. The average Bonchev–Trinajstić information content (AvgIpc) is 2.85. The van der Waals surface area contributed by atoms with E-state index in [1.54, 1.807) is 11.3 Å². The summed E-state index contributed by atoms with van der Waals surface area (Å²) >= 11 is 7.41. The Labute approximate surface area is 116 Å². The van der Waals surface area contributed by atoms with Gasteiger partial charge in [-0.2, -0.15) is 0 Å². The Morgan fingerprint density at radius 1 is 1.33 bits per heavy atom. The molecule has 0 radical (unpaired) electrons. The maximum atomic E-state index is 5.74. The molecular formula is C13H16ClN3S. The molecule has 0 atom stereocenters. The maximum Gasteiger partial charge on any atom is 0.107 e. The Morgan fingerprint density at radius 3 is 2.89 bits per heavy atom. The van der Waals surface area contributed by atoms with Gasteiger partial charge in [0.15, 0.2) is 0 Å². The van der Waals surface area contributed by atoms with E-state index in [-0.39, 0.29) is 0 Å². The monoisotopic (exact) mass is 281 g/mol. The summed E-state index contributed by atoms with van der Waals surface area (Å²) < 4.78 is 0. The second-order valence-electron chi connectivity index (χ2n) is 4.18. The fourth-order valence-corrected chi connectivity index (χ4v) is 2.75. The predicted octanol–water partition coefficient (Wildman–Crippen LogP) is 2.95. The average molecular weight is 282 g/mol. The van der Waals surface area contributed by atoms with Crippen LogP contribution in [0.15, 0.2) is 29.8 Å². The van der Waals surface area contributed by atoms with Gasteiger partial charge in [-0.3, -0.25) is 9.88 Å². The van der Waals surface area contributed by atoms with Crippen LogP contribution in [0, 0.1) is 0 Å². The molecule has 2 rings (SSSR count). The lowest BCUT2D eigenvalue weighted by Gasteiger charge is -2.14. The van der Waals surface area contributed by atoms with Crippen molar-refractivity contribution in [1.82, 2.24) is 14.9 Å². The van der Waals surface area contributed by atoms with Gasteiger partial charge in [-0.1, -0.05) is 6.07 Å². The van der Waals surface area contributed by atoms with Crippen molar-refractivity contribution in [2.75, 3.05) is 13.6 Å². The summed E-state index contributed by atoms with van der Waals surface area (Å²) in [5, 5.41) is 3.14. The van der Waals surface area contributed by atoms with Crippen LogP contribution in [0.4, 0.5) is 0 Å². The lowest BCUT2D eigenvalue weighted by molar-refractivity contribution is 0.329. The number of hydrogen-bond acceptors (Lipinski definition) is 4. The molecule has 2 aromatic heterocycles. The van der Waals surface area contributed by atoms with E-state index < -0.39 is 0 Å². The fourth-order valence-electron chi connectivity index (χ4n) is 1.64. The number of thiazole rings is 1. The van der Waals surface area contributed by atoms with Crippen LogP contribution >= 0.6 is 22.9 Å². The first-order valence-corrected chi connectivity index (χ1v) is 7.27. The van der Waals surface area contributed by atoms with E-state index in [9.17, 15) is 0 Å². The van der Waals surface area contributed by atoms with Gasteiger partial charge < -0.3 is 0 Å². The number of hydrogen-bond donors (Lipinski definition) is 0. The molecule has 0 aliphatic heterocycles. The van der Waals surface area contributed by atoms with Gasteiger partial charge in [0.25, 0.3) is 0 Å². The highest BCUT2D eigenvalue weighted by Crippen LogP contribution is 2.13. The van der Waals surface area contributed by atoms with Crippen molar-refractivity contribution in [1.29, 1.82) is 0 Å². The molecule has 0 bridgehead atoms. The molecule has 0 saturated carbocycles. The van der Waals surface area contributed by atoms with Crippen LogP contribution in [0.25, 0.3) is 0 Å². The Bertz CT molecular complexity index is 472. The maximum absolute atomic E-state index is 5.74. The van der Waals surface area contributed by atoms with Crippen LogP contribution < -0.4 is 0 Å². The van der Waals surface area contributed by atoms with Crippen LogP contribution in [-0.4, -0.2) is 28.5 Å². The van der Waals surface area contributed by atoms with E-state index in [1.165, 1.54) is 0 Å². The van der Waals surface area contributed by atoms with Gasteiger partial charge >= 0.3 is 0 Å². The van der Waals surface area contributed by atoms with Gasteiger partial charge in [0.1, 0.15) is 5.01 Å². The van der Waals surface area contributed by atoms with E-state index in [2.05, 4.69) is 28.0 Å². The Morgan fingerprint density at radius 2 is 2.22 bits per heavy atom. The minimum Gasteiger partial charge on any atom is -0.299 e. The topological polar surface area (TPSA) is 29.0 Å². The summed E-state index contributed by atoms with van der Waals surface area (Å²) in [4.78, 5) is 11.0. The summed E-state index contributed by atoms with van der Waals surface area (Å²) in [5.74, 6) is 0.494. The van der Waals surface area contributed by atoms with Crippen molar-refractivity contribution in [3.63, 3.8) is 0 Å².